The van der Waals surface area contributed by atoms with Gasteiger partial charge in [0.25, 0.3) is 15.7 Å². The second-order valence-corrected chi connectivity index (χ2v) is 7.35. The van der Waals surface area contributed by atoms with Crippen molar-refractivity contribution in [1.29, 1.82) is 0 Å². The van der Waals surface area contributed by atoms with Crippen LogP contribution in [-0.4, -0.2) is 18.3 Å². The number of hydrogen-bond donors (Lipinski definition) is 1. The second-order valence-electron chi connectivity index (χ2n) is 3.43. The Kier molecular flexibility index (Phi) is 4.14. The standard InChI is InChI=1S/C9H5Cl2N3O4S2/c10-8-5(2-1-3-12-8)13-20(17,18)7-4-6(14(15)16)9(11)19-7/h1-4,13H. The number of nitro groups is 1. The molecule has 0 fully saturated rings. The molecular formula is C9H5Cl2N3O4S2. The lowest BCUT2D eigenvalue weighted by Gasteiger charge is -2.06. The van der Waals surface area contributed by atoms with E-state index in [-0.39, 0.29) is 19.4 Å². The van der Waals surface area contributed by atoms with Crippen molar-refractivity contribution in [2.75, 3.05) is 4.72 Å². The molecule has 0 aromatic carbocycles. The molecule has 0 radical (unpaired) electrons. The summed E-state index contributed by atoms with van der Waals surface area (Å²) < 4.78 is 25.8. The summed E-state index contributed by atoms with van der Waals surface area (Å²) in [6.07, 6.45) is 1.40. The lowest BCUT2D eigenvalue weighted by Crippen LogP contribution is -2.12. The van der Waals surface area contributed by atoms with Gasteiger partial charge in [0.15, 0.2) is 9.49 Å². The topological polar surface area (TPSA) is 102 Å². The summed E-state index contributed by atoms with van der Waals surface area (Å²) in [6.45, 7) is 0. The molecule has 2 rings (SSSR count). The molecule has 0 aliphatic carbocycles. The van der Waals surface area contributed by atoms with E-state index >= 15 is 0 Å². The van der Waals surface area contributed by atoms with E-state index in [1.165, 1.54) is 18.3 Å². The number of anilines is 1. The maximum Gasteiger partial charge on any atom is 0.300 e. The van der Waals surface area contributed by atoms with Gasteiger partial charge < -0.3 is 0 Å². The summed E-state index contributed by atoms with van der Waals surface area (Å²) in [7, 11) is -4.02. The monoisotopic (exact) mass is 353 g/mol. The maximum atomic E-state index is 12.1. The van der Waals surface area contributed by atoms with Gasteiger partial charge in [0.05, 0.1) is 10.6 Å². The third kappa shape index (κ3) is 3.01. The quantitative estimate of drug-likeness (QED) is 0.516. The number of hydrogen-bond acceptors (Lipinski definition) is 6. The number of nitrogens with zero attached hydrogens (tertiary/aromatic N) is 2. The number of pyridine rings is 1. The van der Waals surface area contributed by atoms with E-state index in [2.05, 4.69) is 9.71 Å². The first-order chi connectivity index (χ1) is 9.31. The largest absolute Gasteiger partial charge is 0.300 e. The number of thiophene rings is 1. The summed E-state index contributed by atoms with van der Waals surface area (Å²) in [6, 6.07) is 3.80. The fraction of sp³-hybridized carbons (Fsp3) is 0. The summed E-state index contributed by atoms with van der Waals surface area (Å²) >= 11 is 11.9. The molecule has 0 bridgehead atoms. The lowest BCUT2D eigenvalue weighted by molar-refractivity contribution is -0.384. The number of aromatic nitrogens is 1. The molecule has 0 saturated carbocycles. The average Bonchev–Trinajstić information content (AvgIpc) is 2.75. The van der Waals surface area contributed by atoms with Gasteiger partial charge in [0, 0.05) is 12.3 Å². The molecule has 0 aliphatic rings. The predicted molar refractivity (Wildman–Crippen MR) is 76.0 cm³/mol. The van der Waals surface area contributed by atoms with Gasteiger partial charge in [-0.1, -0.05) is 23.2 Å². The first-order valence-corrected chi connectivity index (χ1v) is 7.94. The summed E-state index contributed by atoms with van der Waals surface area (Å²) in [5.41, 5.74) is -0.393. The van der Waals surface area contributed by atoms with Gasteiger partial charge in [-0.15, -0.1) is 11.3 Å². The normalized spacial score (nSPS) is 11.3. The van der Waals surface area contributed by atoms with E-state index in [0.29, 0.717) is 11.3 Å². The van der Waals surface area contributed by atoms with Crippen LogP contribution in [0, 0.1) is 10.1 Å². The molecule has 2 aromatic heterocycles. The van der Waals surface area contributed by atoms with E-state index in [1.54, 1.807) is 0 Å². The van der Waals surface area contributed by atoms with Crippen molar-refractivity contribution >= 4 is 55.9 Å². The zero-order valence-electron chi connectivity index (χ0n) is 9.41. The predicted octanol–water partition coefficient (Wildman–Crippen LogP) is 3.16. The van der Waals surface area contributed by atoms with Crippen LogP contribution >= 0.6 is 34.5 Å². The van der Waals surface area contributed by atoms with Crippen LogP contribution < -0.4 is 4.72 Å². The molecule has 2 aromatic rings. The van der Waals surface area contributed by atoms with Crippen molar-refractivity contribution in [1.82, 2.24) is 4.98 Å². The van der Waals surface area contributed by atoms with Crippen LogP contribution in [0.1, 0.15) is 0 Å². The van der Waals surface area contributed by atoms with E-state index in [9.17, 15) is 18.5 Å². The molecule has 2 heterocycles. The Balaban J connectivity index is 2.39. The molecule has 0 unspecified atom stereocenters. The van der Waals surface area contributed by atoms with Gasteiger partial charge in [-0.3, -0.25) is 14.8 Å². The van der Waals surface area contributed by atoms with Crippen LogP contribution in [0.5, 0.6) is 0 Å². The third-order valence-electron chi connectivity index (χ3n) is 2.11. The van der Waals surface area contributed by atoms with E-state index < -0.39 is 20.6 Å². The number of halogens is 2. The Bertz CT molecular complexity index is 775. The Labute approximate surface area is 127 Å². The zero-order valence-corrected chi connectivity index (χ0v) is 12.6. The van der Waals surface area contributed by atoms with Crippen molar-refractivity contribution in [3.8, 4) is 0 Å². The number of nitrogens with one attached hydrogen (secondary N) is 1. The molecule has 0 atom stereocenters. The van der Waals surface area contributed by atoms with Crippen molar-refractivity contribution in [3.05, 3.63) is 44.0 Å². The van der Waals surface area contributed by atoms with Gasteiger partial charge in [0.2, 0.25) is 0 Å². The van der Waals surface area contributed by atoms with Crippen molar-refractivity contribution in [3.63, 3.8) is 0 Å². The smallest absolute Gasteiger partial charge is 0.276 e. The lowest BCUT2D eigenvalue weighted by atomic mass is 10.4. The number of rotatable bonds is 4. The molecule has 0 spiro atoms. The first-order valence-electron chi connectivity index (χ1n) is 4.88. The SMILES string of the molecule is O=[N+]([O-])c1cc(S(=O)(=O)Nc2cccnc2Cl)sc1Cl. The minimum Gasteiger partial charge on any atom is -0.276 e. The van der Waals surface area contributed by atoms with Crippen LogP contribution in [-0.2, 0) is 10.0 Å². The zero-order chi connectivity index (χ0) is 14.9. The van der Waals surface area contributed by atoms with Crippen molar-refractivity contribution in [2.24, 2.45) is 0 Å². The molecule has 11 heteroatoms. The maximum absolute atomic E-state index is 12.1. The van der Waals surface area contributed by atoms with E-state index in [4.69, 9.17) is 23.2 Å². The van der Waals surface area contributed by atoms with Crippen molar-refractivity contribution in [2.45, 2.75) is 4.21 Å². The molecule has 0 amide bonds. The van der Waals surface area contributed by atoms with Crippen LogP contribution in [0.25, 0.3) is 0 Å². The molecule has 0 saturated heterocycles. The number of sulfonamides is 1. The molecule has 0 aliphatic heterocycles. The minimum absolute atomic E-state index is 0.0340. The van der Waals surface area contributed by atoms with Crippen LogP contribution in [0.4, 0.5) is 11.4 Å². The summed E-state index contributed by atoms with van der Waals surface area (Å²) in [5, 5.41) is 10.6. The molecule has 20 heavy (non-hydrogen) atoms. The molecular weight excluding hydrogens is 349 g/mol. The fourth-order valence-electron chi connectivity index (χ4n) is 1.25. The van der Waals surface area contributed by atoms with Gasteiger partial charge in [0.1, 0.15) is 4.21 Å². The second kappa shape index (κ2) is 5.52. The van der Waals surface area contributed by atoms with Gasteiger partial charge in [-0.05, 0) is 12.1 Å². The van der Waals surface area contributed by atoms with Gasteiger partial charge >= 0.3 is 0 Å². The van der Waals surface area contributed by atoms with Crippen LogP contribution in [0.2, 0.25) is 9.49 Å². The third-order valence-corrected chi connectivity index (χ3v) is 5.59. The highest BCUT2D eigenvalue weighted by atomic mass is 35.5. The molecule has 106 valence electrons. The summed E-state index contributed by atoms with van der Waals surface area (Å²) in [4.78, 5) is 13.6. The Morgan fingerprint density at radius 2 is 2.10 bits per heavy atom. The van der Waals surface area contributed by atoms with Gasteiger partial charge in [-0.25, -0.2) is 13.4 Å². The Hall–Kier alpha value is -1.42. The average molecular weight is 354 g/mol. The van der Waals surface area contributed by atoms with E-state index in [0.717, 1.165) is 6.07 Å². The Morgan fingerprint density at radius 3 is 2.65 bits per heavy atom. The Morgan fingerprint density at radius 1 is 1.40 bits per heavy atom. The molecule has 7 nitrogen and oxygen atoms in total. The summed E-state index contributed by atoms with van der Waals surface area (Å²) in [5.74, 6) is 0. The van der Waals surface area contributed by atoms with Crippen molar-refractivity contribution < 1.29 is 13.3 Å². The highest BCUT2D eigenvalue weighted by Gasteiger charge is 2.25. The molecule has 1 N–H and O–H groups in total. The van der Waals surface area contributed by atoms with Gasteiger partial charge in [-0.2, -0.15) is 0 Å². The fourth-order valence-corrected chi connectivity index (χ4v) is 4.21. The minimum atomic E-state index is -4.02. The van der Waals surface area contributed by atoms with E-state index in [1.807, 2.05) is 0 Å². The van der Waals surface area contributed by atoms with Crippen LogP contribution in [0.15, 0.2) is 28.6 Å². The van der Waals surface area contributed by atoms with Crippen LogP contribution in [0.3, 0.4) is 0 Å². The first kappa shape index (κ1) is 15.0. The highest BCUT2D eigenvalue weighted by Crippen LogP contribution is 2.37. The highest BCUT2D eigenvalue weighted by molar-refractivity contribution is 7.94.